The lowest BCUT2D eigenvalue weighted by Gasteiger charge is -2.33. The summed E-state index contributed by atoms with van der Waals surface area (Å²) in [5.41, 5.74) is 8.85. The minimum atomic E-state index is -0.185. The highest BCUT2D eigenvalue weighted by Crippen LogP contribution is 2.32. The molecule has 0 bridgehead atoms. The van der Waals surface area contributed by atoms with E-state index in [2.05, 4.69) is 17.1 Å². The molecule has 0 aliphatic carbocycles. The Bertz CT molecular complexity index is 739. The molecule has 24 heavy (non-hydrogen) atoms. The summed E-state index contributed by atoms with van der Waals surface area (Å²) in [4.78, 5) is 14.8. The second kappa shape index (κ2) is 7.14. The molecule has 5 heteroatoms. The molecule has 1 saturated heterocycles. The highest BCUT2D eigenvalue weighted by Gasteiger charge is 2.19. The van der Waals surface area contributed by atoms with Crippen molar-refractivity contribution in [1.82, 2.24) is 0 Å². The van der Waals surface area contributed by atoms with Gasteiger partial charge in [-0.15, -0.1) is 0 Å². The fraction of sp³-hybridized carbons (Fsp3) is 0.316. The van der Waals surface area contributed by atoms with E-state index in [1.807, 2.05) is 18.2 Å². The molecule has 0 atom stereocenters. The molecule has 126 valence electrons. The lowest BCUT2D eigenvalue weighted by Crippen LogP contribution is -2.33. The normalized spacial score (nSPS) is 15.3. The van der Waals surface area contributed by atoms with Crippen molar-refractivity contribution in [2.24, 2.45) is 5.92 Å². The van der Waals surface area contributed by atoms with E-state index in [1.54, 1.807) is 24.3 Å². The van der Waals surface area contributed by atoms with E-state index in [0.29, 0.717) is 16.3 Å². The van der Waals surface area contributed by atoms with Crippen LogP contribution in [0.2, 0.25) is 5.02 Å². The molecule has 4 nitrogen and oxygen atoms in total. The minimum absolute atomic E-state index is 0.185. The number of carbonyl (C=O) groups is 1. The lowest BCUT2D eigenvalue weighted by atomic mass is 9.98. The van der Waals surface area contributed by atoms with Gasteiger partial charge in [0.2, 0.25) is 0 Å². The molecule has 1 heterocycles. The van der Waals surface area contributed by atoms with Gasteiger partial charge < -0.3 is 16.0 Å². The highest BCUT2D eigenvalue weighted by molar-refractivity contribution is 6.31. The molecule has 3 N–H and O–H groups in total. The fourth-order valence-electron chi connectivity index (χ4n) is 3.00. The quantitative estimate of drug-likeness (QED) is 0.811. The van der Waals surface area contributed by atoms with Crippen molar-refractivity contribution >= 4 is 34.6 Å². The summed E-state index contributed by atoms with van der Waals surface area (Å²) in [6.45, 7) is 4.26. The number of halogens is 1. The molecule has 0 saturated carbocycles. The van der Waals surface area contributed by atoms with E-state index in [4.69, 9.17) is 17.3 Å². The van der Waals surface area contributed by atoms with Crippen LogP contribution in [-0.4, -0.2) is 19.0 Å². The highest BCUT2D eigenvalue weighted by atomic mass is 35.5. The Morgan fingerprint density at radius 3 is 2.67 bits per heavy atom. The summed E-state index contributed by atoms with van der Waals surface area (Å²) in [5.74, 6) is 0.564. The number of nitrogens with zero attached hydrogens (tertiary/aromatic N) is 1. The van der Waals surface area contributed by atoms with Crippen LogP contribution < -0.4 is 16.0 Å². The molecule has 2 aromatic rings. The molecule has 0 unspecified atom stereocenters. The van der Waals surface area contributed by atoms with Crippen LogP contribution in [-0.2, 0) is 0 Å². The summed E-state index contributed by atoms with van der Waals surface area (Å²) < 4.78 is 0. The predicted molar refractivity (Wildman–Crippen MR) is 101 cm³/mol. The van der Waals surface area contributed by atoms with Crippen LogP contribution in [0.5, 0.6) is 0 Å². The largest absolute Gasteiger partial charge is 0.399 e. The number of nitrogens with two attached hydrogens (primary N) is 1. The summed E-state index contributed by atoms with van der Waals surface area (Å²) >= 11 is 5.98. The molecule has 3 rings (SSSR count). The zero-order chi connectivity index (χ0) is 17.1. The first-order chi connectivity index (χ1) is 11.5. The van der Waals surface area contributed by atoms with Crippen LogP contribution in [0.25, 0.3) is 0 Å². The maximum Gasteiger partial charge on any atom is 0.255 e. The third-order valence-electron chi connectivity index (χ3n) is 4.48. The van der Waals surface area contributed by atoms with Gasteiger partial charge in [-0.3, -0.25) is 4.79 Å². The van der Waals surface area contributed by atoms with Crippen molar-refractivity contribution in [1.29, 1.82) is 0 Å². The summed E-state index contributed by atoms with van der Waals surface area (Å²) in [6, 6.07) is 12.6. The number of hydrogen-bond acceptors (Lipinski definition) is 3. The van der Waals surface area contributed by atoms with Crippen molar-refractivity contribution in [3.8, 4) is 0 Å². The number of benzene rings is 2. The van der Waals surface area contributed by atoms with E-state index in [9.17, 15) is 4.79 Å². The Hall–Kier alpha value is -2.20. The molecule has 1 fully saturated rings. The van der Waals surface area contributed by atoms with Crippen LogP contribution in [0.15, 0.2) is 42.5 Å². The van der Waals surface area contributed by atoms with Crippen molar-refractivity contribution < 1.29 is 4.79 Å². The Balaban J connectivity index is 1.84. The number of hydrogen-bond donors (Lipinski definition) is 2. The minimum Gasteiger partial charge on any atom is -0.399 e. The van der Waals surface area contributed by atoms with Gasteiger partial charge >= 0.3 is 0 Å². The van der Waals surface area contributed by atoms with Crippen LogP contribution in [0.3, 0.4) is 0 Å². The maximum absolute atomic E-state index is 12.5. The van der Waals surface area contributed by atoms with Gasteiger partial charge in [0.25, 0.3) is 5.91 Å². The molecule has 1 aliphatic heterocycles. The van der Waals surface area contributed by atoms with Gasteiger partial charge in [0.15, 0.2) is 0 Å². The smallest absolute Gasteiger partial charge is 0.255 e. The van der Waals surface area contributed by atoms with E-state index in [0.717, 1.165) is 43.2 Å². The number of amides is 1. The van der Waals surface area contributed by atoms with E-state index >= 15 is 0 Å². The monoisotopic (exact) mass is 343 g/mol. The summed E-state index contributed by atoms with van der Waals surface area (Å²) in [5, 5.41) is 3.53. The zero-order valence-electron chi connectivity index (χ0n) is 13.8. The second-order valence-electron chi connectivity index (χ2n) is 6.41. The van der Waals surface area contributed by atoms with Gasteiger partial charge in [-0.2, -0.15) is 0 Å². The van der Waals surface area contributed by atoms with Gasteiger partial charge in [-0.05, 0) is 55.2 Å². The molecular weight excluding hydrogens is 322 g/mol. The Morgan fingerprint density at radius 1 is 1.21 bits per heavy atom. The molecule has 1 aliphatic rings. The number of piperidine rings is 1. The molecular formula is C19H22ClN3O. The third kappa shape index (κ3) is 3.82. The zero-order valence-corrected chi connectivity index (χ0v) is 14.5. The summed E-state index contributed by atoms with van der Waals surface area (Å²) in [6.07, 6.45) is 2.32. The standard InChI is InChI=1S/C19H22ClN3O/c1-13-7-9-23(10-8-13)18-6-5-16(21)12-17(18)22-19(24)14-3-2-4-15(20)11-14/h2-6,11-13H,7-10,21H2,1H3,(H,22,24). The first kappa shape index (κ1) is 16.7. The Morgan fingerprint density at radius 2 is 1.96 bits per heavy atom. The molecule has 0 spiro atoms. The van der Waals surface area contributed by atoms with Crippen molar-refractivity contribution in [3.05, 3.63) is 53.1 Å². The van der Waals surface area contributed by atoms with Crippen molar-refractivity contribution in [2.45, 2.75) is 19.8 Å². The van der Waals surface area contributed by atoms with Crippen LogP contribution in [0, 0.1) is 5.92 Å². The van der Waals surface area contributed by atoms with Gasteiger partial charge in [0.1, 0.15) is 0 Å². The number of nitrogens with one attached hydrogen (secondary N) is 1. The van der Waals surface area contributed by atoms with Gasteiger partial charge in [0.05, 0.1) is 11.4 Å². The lowest BCUT2D eigenvalue weighted by molar-refractivity contribution is 0.102. The Kier molecular flexibility index (Phi) is 4.95. The maximum atomic E-state index is 12.5. The van der Waals surface area contributed by atoms with E-state index < -0.39 is 0 Å². The van der Waals surface area contributed by atoms with E-state index in [-0.39, 0.29) is 5.91 Å². The molecule has 0 aromatic heterocycles. The number of nitrogen functional groups attached to an aromatic ring is 1. The molecule has 1 amide bonds. The van der Waals surface area contributed by atoms with Gasteiger partial charge in [-0.1, -0.05) is 24.6 Å². The first-order valence-electron chi connectivity index (χ1n) is 8.24. The topological polar surface area (TPSA) is 58.4 Å². The molecule has 2 aromatic carbocycles. The van der Waals surface area contributed by atoms with Gasteiger partial charge in [-0.25, -0.2) is 0 Å². The van der Waals surface area contributed by atoms with Crippen molar-refractivity contribution in [3.63, 3.8) is 0 Å². The van der Waals surface area contributed by atoms with Crippen molar-refractivity contribution in [2.75, 3.05) is 29.0 Å². The summed E-state index contributed by atoms with van der Waals surface area (Å²) in [7, 11) is 0. The fourth-order valence-corrected chi connectivity index (χ4v) is 3.19. The number of rotatable bonds is 3. The number of anilines is 3. The molecule has 0 radical (unpaired) electrons. The first-order valence-corrected chi connectivity index (χ1v) is 8.62. The van der Waals surface area contributed by atoms with Gasteiger partial charge in [0, 0.05) is 29.4 Å². The average Bonchev–Trinajstić information content (AvgIpc) is 2.56. The Labute approximate surface area is 147 Å². The predicted octanol–water partition coefficient (Wildman–Crippen LogP) is 4.41. The number of carbonyl (C=O) groups excluding carboxylic acids is 1. The average molecular weight is 344 g/mol. The third-order valence-corrected chi connectivity index (χ3v) is 4.72. The SMILES string of the molecule is CC1CCN(c2ccc(N)cc2NC(=O)c2cccc(Cl)c2)CC1. The van der Waals surface area contributed by atoms with Crippen LogP contribution in [0.4, 0.5) is 17.1 Å². The van der Waals surface area contributed by atoms with Crippen LogP contribution in [0.1, 0.15) is 30.1 Å². The second-order valence-corrected chi connectivity index (χ2v) is 6.85. The van der Waals surface area contributed by atoms with E-state index in [1.165, 1.54) is 0 Å². The van der Waals surface area contributed by atoms with Crippen LogP contribution >= 0.6 is 11.6 Å².